The number of hydrogen-bond acceptors (Lipinski definition) is 5. The zero-order valence-electron chi connectivity index (χ0n) is 11.5. The van der Waals surface area contributed by atoms with E-state index in [2.05, 4.69) is 10.5 Å². The lowest BCUT2D eigenvalue weighted by Crippen LogP contribution is -2.12. The Labute approximate surface area is 122 Å². The molecule has 0 saturated carbocycles. The molecule has 0 fully saturated rings. The minimum atomic E-state index is 0.253. The Balaban J connectivity index is 2.14. The third-order valence-corrected chi connectivity index (χ3v) is 3.00. The van der Waals surface area contributed by atoms with E-state index >= 15 is 0 Å². The highest BCUT2D eigenvalue weighted by atomic mass is 35.5. The van der Waals surface area contributed by atoms with E-state index in [0.29, 0.717) is 22.3 Å². The second-order valence-corrected chi connectivity index (χ2v) is 4.56. The van der Waals surface area contributed by atoms with Crippen molar-refractivity contribution in [3.8, 4) is 11.5 Å². The van der Waals surface area contributed by atoms with Crippen molar-refractivity contribution in [3.05, 3.63) is 40.7 Å². The van der Waals surface area contributed by atoms with Crippen molar-refractivity contribution in [1.82, 2.24) is 10.5 Å². The molecule has 0 bridgehead atoms. The lowest BCUT2D eigenvalue weighted by atomic mass is 10.2. The fraction of sp³-hybridized carbons (Fsp3) is 0.357. The second-order valence-electron chi connectivity index (χ2n) is 4.16. The van der Waals surface area contributed by atoms with E-state index in [4.69, 9.17) is 25.6 Å². The molecular formula is C14H17ClN2O3. The van der Waals surface area contributed by atoms with Gasteiger partial charge in [-0.15, -0.1) is 0 Å². The molecule has 0 atom stereocenters. The summed E-state index contributed by atoms with van der Waals surface area (Å²) in [6, 6.07) is 5.51. The number of methoxy groups -OCH3 is 1. The molecule has 108 valence electrons. The number of nitrogens with zero attached hydrogens (tertiary/aromatic N) is 1. The maximum absolute atomic E-state index is 6.25. The molecule has 1 N–H and O–H groups in total. The summed E-state index contributed by atoms with van der Waals surface area (Å²) in [4.78, 5) is 0. The SMILES string of the molecule is CCNCc1cc(Cl)c(OCc2ccno2)c(OC)c1. The zero-order valence-corrected chi connectivity index (χ0v) is 12.2. The van der Waals surface area contributed by atoms with Crippen molar-refractivity contribution in [2.45, 2.75) is 20.1 Å². The van der Waals surface area contributed by atoms with Gasteiger partial charge >= 0.3 is 0 Å². The van der Waals surface area contributed by atoms with Gasteiger partial charge in [-0.25, -0.2) is 0 Å². The summed E-state index contributed by atoms with van der Waals surface area (Å²) in [5.74, 6) is 1.73. The van der Waals surface area contributed by atoms with E-state index in [-0.39, 0.29) is 6.61 Å². The van der Waals surface area contributed by atoms with Crippen molar-refractivity contribution in [3.63, 3.8) is 0 Å². The topological polar surface area (TPSA) is 56.5 Å². The van der Waals surface area contributed by atoms with Crippen LogP contribution in [-0.2, 0) is 13.2 Å². The first kappa shape index (κ1) is 14.7. The van der Waals surface area contributed by atoms with Crippen LogP contribution in [0.5, 0.6) is 11.5 Å². The van der Waals surface area contributed by atoms with Gasteiger partial charge in [0, 0.05) is 12.6 Å². The predicted octanol–water partition coefficient (Wildman–Crippen LogP) is 3.03. The van der Waals surface area contributed by atoms with Gasteiger partial charge in [0.15, 0.2) is 17.3 Å². The first-order valence-electron chi connectivity index (χ1n) is 6.34. The van der Waals surface area contributed by atoms with Gasteiger partial charge in [-0.1, -0.05) is 23.7 Å². The fourth-order valence-electron chi connectivity index (χ4n) is 1.74. The Bertz CT molecular complexity index is 544. The average Bonchev–Trinajstić information content (AvgIpc) is 2.96. The van der Waals surface area contributed by atoms with Gasteiger partial charge < -0.3 is 19.3 Å². The third-order valence-electron chi connectivity index (χ3n) is 2.72. The Morgan fingerprint density at radius 1 is 1.40 bits per heavy atom. The molecule has 0 saturated heterocycles. The molecule has 1 heterocycles. The van der Waals surface area contributed by atoms with Crippen LogP contribution in [0.1, 0.15) is 18.2 Å². The summed E-state index contributed by atoms with van der Waals surface area (Å²) in [7, 11) is 1.59. The summed E-state index contributed by atoms with van der Waals surface area (Å²) >= 11 is 6.25. The number of ether oxygens (including phenoxy) is 2. The molecule has 5 nitrogen and oxygen atoms in total. The van der Waals surface area contributed by atoms with Gasteiger partial charge in [0.2, 0.25) is 0 Å². The standard InChI is InChI=1S/C14H17ClN2O3/c1-3-16-8-10-6-12(15)14(13(7-10)18-2)19-9-11-4-5-17-20-11/h4-7,16H,3,8-9H2,1-2H3. The molecule has 6 heteroatoms. The Morgan fingerprint density at radius 3 is 2.90 bits per heavy atom. The lowest BCUT2D eigenvalue weighted by molar-refractivity contribution is 0.239. The Morgan fingerprint density at radius 2 is 2.25 bits per heavy atom. The van der Waals surface area contributed by atoms with E-state index in [0.717, 1.165) is 18.7 Å². The van der Waals surface area contributed by atoms with Gasteiger partial charge in [0.05, 0.1) is 18.3 Å². The van der Waals surface area contributed by atoms with Crippen LogP contribution in [0.4, 0.5) is 0 Å². The van der Waals surface area contributed by atoms with Gasteiger partial charge in [0.25, 0.3) is 0 Å². The van der Waals surface area contributed by atoms with Crippen LogP contribution in [0, 0.1) is 0 Å². The highest BCUT2D eigenvalue weighted by Gasteiger charge is 2.13. The van der Waals surface area contributed by atoms with Crippen molar-refractivity contribution in [2.75, 3.05) is 13.7 Å². The fourth-order valence-corrected chi connectivity index (χ4v) is 2.03. The summed E-state index contributed by atoms with van der Waals surface area (Å²) in [6.45, 7) is 3.93. The van der Waals surface area contributed by atoms with Crippen molar-refractivity contribution in [2.24, 2.45) is 0 Å². The molecule has 0 aliphatic rings. The summed E-state index contributed by atoms with van der Waals surface area (Å²) < 4.78 is 16.0. The third kappa shape index (κ3) is 3.65. The van der Waals surface area contributed by atoms with Crippen LogP contribution in [-0.4, -0.2) is 18.8 Å². The van der Waals surface area contributed by atoms with Crippen molar-refractivity contribution in [1.29, 1.82) is 0 Å². The summed E-state index contributed by atoms with van der Waals surface area (Å²) in [5.41, 5.74) is 1.04. The minimum absolute atomic E-state index is 0.253. The maximum Gasteiger partial charge on any atom is 0.180 e. The largest absolute Gasteiger partial charge is 0.493 e. The molecule has 20 heavy (non-hydrogen) atoms. The number of hydrogen-bond donors (Lipinski definition) is 1. The first-order valence-corrected chi connectivity index (χ1v) is 6.72. The smallest absolute Gasteiger partial charge is 0.180 e. The summed E-state index contributed by atoms with van der Waals surface area (Å²) in [5, 5.41) is 7.37. The Hall–Kier alpha value is -1.72. The van der Waals surface area contributed by atoms with Crippen LogP contribution in [0.3, 0.4) is 0 Å². The van der Waals surface area contributed by atoms with E-state index in [1.165, 1.54) is 0 Å². The zero-order chi connectivity index (χ0) is 14.4. The number of rotatable bonds is 7. The number of aromatic nitrogens is 1. The first-order chi connectivity index (χ1) is 9.74. The van der Waals surface area contributed by atoms with E-state index in [1.807, 2.05) is 19.1 Å². The molecule has 0 unspecified atom stereocenters. The van der Waals surface area contributed by atoms with Crippen LogP contribution < -0.4 is 14.8 Å². The summed E-state index contributed by atoms with van der Waals surface area (Å²) in [6.07, 6.45) is 1.57. The van der Waals surface area contributed by atoms with E-state index in [9.17, 15) is 0 Å². The molecule has 0 amide bonds. The van der Waals surface area contributed by atoms with Crippen molar-refractivity contribution >= 4 is 11.6 Å². The lowest BCUT2D eigenvalue weighted by Gasteiger charge is -2.13. The number of halogens is 1. The molecule has 0 spiro atoms. The predicted molar refractivity (Wildman–Crippen MR) is 76.2 cm³/mol. The molecule has 1 aromatic heterocycles. The van der Waals surface area contributed by atoms with E-state index < -0.39 is 0 Å². The molecule has 0 aliphatic heterocycles. The minimum Gasteiger partial charge on any atom is -0.493 e. The van der Waals surface area contributed by atoms with Gasteiger partial charge in [-0.2, -0.15) is 0 Å². The van der Waals surface area contributed by atoms with Crippen LogP contribution in [0.2, 0.25) is 5.02 Å². The molecule has 0 aliphatic carbocycles. The average molecular weight is 297 g/mol. The molecule has 2 rings (SSSR count). The van der Waals surface area contributed by atoms with Gasteiger partial charge in [-0.05, 0) is 24.2 Å². The molecule has 0 radical (unpaired) electrons. The van der Waals surface area contributed by atoms with Crippen LogP contribution >= 0.6 is 11.6 Å². The van der Waals surface area contributed by atoms with Gasteiger partial charge in [-0.3, -0.25) is 0 Å². The van der Waals surface area contributed by atoms with Crippen LogP contribution in [0.15, 0.2) is 28.9 Å². The van der Waals surface area contributed by atoms with Crippen molar-refractivity contribution < 1.29 is 14.0 Å². The Kier molecular flexibility index (Phi) is 5.26. The van der Waals surface area contributed by atoms with E-state index in [1.54, 1.807) is 19.4 Å². The normalized spacial score (nSPS) is 10.6. The number of benzene rings is 1. The monoisotopic (exact) mass is 296 g/mol. The highest BCUT2D eigenvalue weighted by Crippen LogP contribution is 2.36. The molecule has 1 aromatic carbocycles. The quantitative estimate of drug-likeness (QED) is 0.851. The van der Waals surface area contributed by atoms with Gasteiger partial charge in [0.1, 0.15) is 6.61 Å². The highest BCUT2D eigenvalue weighted by molar-refractivity contribution is 6.32. The second kappa shape index (κ2) is 7.17. The molecule has 2 aromatic rings. The molecular weight excluding hydrogens is 280 g/mol. The maximum atomic E-state index is 6.25. The van der Waals surface area contributed by atoms with Crippen LogP contribution in [0.25, 0.3) is 0 Å². The number of nitrogens with one attached hydrogen (secondary N) is 1.